The second-order valence-electron chi connectivity index (χ2n) is 9.59. The number of anilines is 1. The smallest absolute Gasteiger partial charge is 0.197 e. The van der Waals surface area contributed by atoms with Crippen LogP contribution >= 0.6 is 0 Å². The molecule has 3 rings (SSSR count). The monoisotopic (exact) mass is 485 g/mol. The molecule has 1 heterocycles. The molecule has 0 bridgehead atoms. The number of hydrogen-bond donors (Lipinski definition) is 1. The quantitative estimate of drug-likeness (QED) is 0.503. The van der Waals surface area contributed by atoms with Gasteiger partial charge in [0.05, 0.1) is 39.1 Å². The summed E-state index contributed by atoms with van der Waals surface area (Å²) in [5.74, 6) is 0.144. The number of benzene rings is 2. The van der Waals surface area contributed by atoms with Crippen LogP contribution in [0.25, 0.3) is 0 Å². The lowest BCUT2D eigenvalue weighted by Crippen LogP contribution is -2.31. The highest BCUT2D eigenvalue weighted by Gasteiger charge is 2.33. The van der Waals surface area contributed by atoms with Gasteiger partial charge >= 0.3 is 0 Å². The topological polar surface area (TPSA) is 75.1 Å². The summed E-state index contributed by atoms with van der Waals surface area (Å²) in [6.45, 7) is 12.1. The number of hydrogen-bond acceptors (Lipinski definition) is 6. The second-order valence-corrected chi connectivity index (χ2v) is 9.59. The number of methoxy groups -OCH3 is 3. The Bertz CT molecular complexity index is 1140. The van der Waals surface area contributed by atoms with Gasteiger partial charge in [-0.05, 0) is 43.0 Å². The third kappa shape index (κ3) is 4.79. The van der Waals surface area contributed by atoms with E-state index in [1.54, 1.807) is 18.1 Å². The summed E-state index contributed by atoms with van der Waals surface area (Å²) >= 11 is 0. The maximum atomic E-state index is 15.1. The van der Waals surface area contributed by atoms with E-state index in [4.69, 9.17) is 19.6 Å². The summed E-state index contributed by atoms with van der Waals surface area (Å²) in [5.41, 5.74) is 2.83. The first kappa shape index (κ1) is 26.3. The van der Waals surface area contributed by atoms with E-state index in [9.17, 15) is 4.79 Å². The minimum atomic E-state index is -0.648. The summed E-state index contributed by atoms with van der Waals surface area (Å²) in [5, 5.41) is 8.57. The van der Waals surface area contributed by atoms with Crippen LogP contribution in [0.5, 0.6) is 17.2 Å². The van der Waals surface area contributed by atoms with Gasteiger partial charge in [-0.3, -0.25) is 10.2 Å². The maximum Gasteiger partial charge on any atom is 0.197 e. The van der Waals surface area contributed by atoms with E-state index < -0.39 is 5.82 Å². The molecule has 0 saturated heterocycles. The largest absolute Gasteiger partial charge is 0.494 e. The first-order valence-corrected chi connectivity index (χ1v) is 11.8. The van der Waals surface area contributed by atoms with Gasteiger partial charge in [-0.1, -0.05) is 20.8 Å². The predicted octanol–water partition coefficient (Wildman–Crippen LogP) is 5.02. The minimum absolute atomic E-state index is 0.0414. The Balaban J connectivity index is 2.00. The molecule has 0 saturated carbocycles. The van der Waals surface area contributed by atoms with E-state index in [2.05, 4.69) is 39.5 Å². The summed E-state index contributed by atoms with van der Waals surface area (Å²) in [6.07, 6.45) is 0. The van der Waals surface area contributed by atoms with Crippen molar-refractivity contribution in [3.8, 4) is 17.2 Å². The second kappa shape index (κ2) is 10.1. The lowest BCUT2D eigenvalue weighted by atomic mass is 9.84. The lowest BCUT2D eigenvalue weighted by molar-refractivity contribution is 0.0962. The highest BCUT2D eigenvalue weighted by molar-refractivity contribution is 6.06. The van der Waals surface area contributed by atoms with Crippen molar-refractivity contribution in [3.63, 3.8) is 0 Å². The van der Waals surface area contributed by atoms with Crippen molar-refractivity contribution in [2.24, 2.45) is 0 Å². The number of carbonyl (C=O) groups is 1. The Hall–Kier alpha value is -3.29. The molecular weight excluding hydrogens is 449 g/mol. The van der Waals surface area contributed by atoms with Gasteiger partial charge in [0.2, 0.25) is 0 Å². The van der Waals surface area contributed by atoms with E-state index in [0.717, 1.165) is 30.1 Å². The van der Waals surface area contributed by atoms with Gasteiger partial charge < -0.3 is 24.0 Å². The Morgan fingerprint density at radius 2 is 1.69 bits per heavy atom. The zero-order valence-corrected chi connectivity index (χ0v) is 22.0. The molecule has 7 nitrogen and oxygen atoms in total. The number of halogens is 1. The van der Waals surface area contributed by atoms with Crippen molar-refractivity contribution in [3.05, 3.63) is 46.3 Å². The van der Waals surface area contributed by atoms with Gasteiger partial charge in [0.25, 0.3) is 0 Å². The molecule has 8 heteroatoms. The Morgan fingerprint density at radius 1 is 1.06 bits per heavy atom. The van der Waals surface area contributed by atoms with Crippen LogP contribution in [0.1, 0.15) is 61.7 Å². The van der Waals surface area contributed by atoms with Crippen molar-refractivity contribution >= 4 is 17.3 Å². The molecular formula is C27H36FN3O4. The van der Waals surface area contributed by atoms with Crippen molar-refractivity contribution < 1.29 is 23.4 Å². The molecule has 190 valence electrons. The zero-order valence-electron chi connectivity index (χ0n) is 22.0. The van der Waals surface area contributed by atoms with E-state index >= 15 is 4.39 Å². The minimum Gasteiger partial charge on any atom is -0.494 e. The number of ether oxygens (including phenoxy) is 3. The van der Waals surface area contributed by atoms with Crippen LogP contribution < -0.4 is 19.1 Å². The van der Waals surface area contributed by atoms with Crippen LogP contribution in [0.15, 0.2) is 18.2 Å². The van der Waals surface area contributed by atoms with Gasteiger partial charge in [-0.25, -0.2) is 4.39 Å². The van der Waals surface area contributed by atoms with Gasteiger partial charge in [0.15, 0.2) is 23.1 Å². The molecule has 0 aromatic heterocycles. The molecule has 0 spiro atoms. The molecule has 0 fully saturated rings. The van der Waals surface area contributed by atoms with Crippen LogP contribution in [-0.2, 0) is 12.0 Å². The number of Topliss-reactive ketones (excluding diaryl/α,β-unsaturated/α-hetero) is 1. The molecule has 2 aromatic rings. The number of nitrogens with zero attached hydrogens (tertiary/aromatic N) is 2. The average Bonchev–Trinajstić information content (AvgIpc) is 3.13. The molecule has 1 aliphatic rings. The van der Waals surface area contributed by atoms with Gasteiger partial charge in [0.1, 0.15) is 11.6 Å². The van der Waals surface area contributed by atoms with E-state index in [0.29, 0.717) is 11.1 Å². The normalized spacial score (nSPS) is 13.1. The average molecular weight is 486 g/mol. The summed E-state index contributed by atoms with van der Waals surface area (Å²) < 4.78 is 31.3. The fourth-order valence-corrected chi connectivity index (χ4v) is 4.57. The highest BCUT2D eigenvalue weighted by atomic mass is 19.1. The fraction of sp³-hybridized carbons (Fsp3) is 0.481. The summed E-state index contributed by atoms with van der Waals surface area (Å²) in [6, 6.07) is 5.41. The third-order valence-corrected chi connectivity index (χ3v) is 6.45. The molecule has 0 radical (unpaired) electrons. The third-order valence-electron chi connectivity index (χ3n) is 6.45. The highest BCUT2D eigenvalue weighted by Crippen LogP contribution is 2.41. The number of fused-ring (bicyclic) bond motifs is 1. The van der Waals surface area contributed by atoms with Gasteiger partial charge in [-0.2, -0.15) is 0 Å². The number of rotatable bonds is 9. The number of nitrogens with one attached hydrogen (secondary N) is 1. The Morgan fingerprint density at radius 3 is 2.20 bits per heavy atom. The van der Waals surface area contributed by atoms with Crippen LogP contribution in [0.2, 0.25) is 0 Å². The van der Waals surface area contributed by atoms with Crippen molar-refractivity contribution in [1.82, 2.24) is 4.90 Å². The van der Waals surface area contributed by atoms with Crippen LogP contribution in [0, 0.1) is 11.2 Å². The van der Waals surface area contributed by atoms with Crippen molar-refractivity contribution in [1.29, 1.82) is 5.41 Å². The molecule has 35 heavy (non-hydrogen) atoms. The molecule has 0 amide bonds. The number of amidine groups is 1. The SMILES string of the molecule is CCN(CC)c1cc(C(=O)CN2Cc3cc(OC)c(OC)c(F)c3C2=N)cc(C(C)(C)C)c1OC. The first-order valence-electron chi connectivity index (χ1n) is 11.8. The van der Waals surface area contributed by atoms with E-state index in [-0.39, 0.29) is 47.2 Å². The molecule has 0 atom stereocenters. The molecule has 0 unspecified atom stereocenters. The van der Waals surface area contributed by atoms with Crippen molar-refractivity contribution in [2.45, 2.75) is 46.6 Å². The van der Waals surface area contributed by atoms with Crippen LogP contribution in [0.4, 0.5) is 10.1 Å². The van der Waals surface area contributed by atoms with Gasteiger partial charge in [0, 0.05) is 30.8 Å². The molecule has 0 aliphatic carbocycles. The Labute approximate surface area is 207 Å². The molecule has 2 aromatic carbocycles. The van der Waals surface area contributed by atoms with Gasteiger partial charge in [-0.15, -0.1) is 0 Å². The first-order chi connectivity index (χ1) is 16.5. The maximum absolute atomic E-state index is 15.1. The van der Waals surface area contributed by atoms with E-state index in [1.807, 2.05) is 12.1 Å². The predicted molar refractivity (Wildman–Crippen MR) is 136 cm³/mol. The molecule has 1 N–H and O–H groups in total. The summed E-state index contributed by atoms with van der Waals surface area (Å²) in [4.78, 5) is 17.3. The standard InChI is InChI=1S/C27H36FN3O4/c1-9-30(10-2)19-12-16(11-18(24(19)34-7)27(3,4)5)20(32)15-31-14-17-13-21(33-6)25(35-8)23(28)22(17)26(31)29/h11-13,29H,9-10,14-15H2,1-8H3. The Kier molecular flexibility index (Phi) is 7.62. The number of ketones is 1. The van der Waals surface area contributed by atoms with Crippen LogP contribution in [0.3, 0.4) is 0 Å². The van der Waals surface area contributed by atoms with E-state index in [1.165, 1.54) is 14.2 Å². The zero-order chi connectivity index (χ0) is 26.1. The number of carbonyl (C=O) groups excluding carboxylic acids is 1. The van der Waals surface area contributed by atoms with Crippen LogP contribution in [-0.4, -0.2) is 57.5 Å². The molecule has 1 aliphatic heterocycles. The summed E-state index contributed by atoms with van der Waals surface area (Å²) in [7, 11) is 4.45. The fourth-order valence-electron chi connectivity index (χ4n) is 4.57. The lowest BCUT2D eigenvalue weighted by Gasteiger charge is -2.30. The van der Waals surface area contributed by atoms with Crippen molar-refractivity contribution in [2.75, 3.05) is 45.9 Å².